The molecule has 0 saturated heterocycles. The fraction of sp³-hybridized carbons (Fsp3) is 0.571. The lowest BCUT2D eigenvalue weighted by atomic mass is 10.1. The molecule has 0 saturated carbocycles. The van der Waals surface area contributed by atoms with E-state index in [4.69, 9.17) is 14.9 Å². The van der Waals surface area contributed by atoms with E-state index in [1.54, 1.807) is 33.9 Å². The molecule has 0 fully saturated rings. The molecule has 0 radical (unpaired) electrons. The van der Waals surface area contributed by atoms with Crippen LogP contribution in [0.15, 0.2) is 11.0 Å². The summed E-state index contributed by atoms with van der Waals surface area (Å²) in [5.41, 5.74) is 1.96. The number of hydrogen-bond donors (Lipinski definition) is 2. The van der Waals surface area contributed by atoms with Gasteiger partial charge in [0, 0.05) is 13.1 Å². The van der Waals surface area contributed by atoms with Crippen LogP contribution in [-0.2, 0) is 10.0 Å². The van der Waals surface area contributed by atoms with Gasteiger partial charge in [-0.1, -0.05) is 0 Å². The van der Waals surface area contributed by atoms with Crippen molar-refractivity contribution in [2.75, 3.05) is 33.4 Å². The summed E-state index contributed by atoms with van der Waals surface area (Å²) in [4.78, 5) is 0.211. The van der Waals surface area contributed by atoms with Crippen LogP contribution in [0, 0.1) is 20.8 Å². The lowest BCUT2D eigenvalue weighted by molar-refractivity contribution is 0.217. The number of hydrogen-bond acceptors (Lipinski definition) is 5. The summed E-state index contributed by atoms with van der Waals surface area (Å²) >= 11 is 0. The van der Waals surface area contributed by atoms with Crippen molar-refractivity contribution < 1.29 is 23.4 Å². The van der Waals surface area contributed by atoms with Crippen LogP contribution in [0.5, 0.6) is 5.75 Å². The SMILES string of the molecule is COc1cc(C)c(S(=O)(=O)N(CCO)CCO)c(C)c1C. The number of nitrogens with zero attached hydrogens (tertiary/aromatic N) is 1. The van der Waals surface area contributed by atoms with E-state index >= 15 is 0 Å². The Labute approximate surface area is 126 Å². The van der Waals surface area contributed by atoms with Crippen molar-refractivity contribution >= 4 is 10.0 Å². The Morgan fingerprint density at radius 1 is 1.10 bits per heavy atom. The summed E-state index contributed by atoms with van der Waals surface area (Å²) in [7, 11) is -2.24. The molecule has 7 heteroatoms. The molecule has 0 heterocycles. The Morgan fingerprint density at radius 2 is 1.62 bits per heavy atom. The second-order valence-corrected chi connectivity index (χ2v) is 6.70. The Bertz CT molecular complexity index is 592. The number of methoxy groups -OCH3 is 1. The maximum atomic E-state index is 12.8. The molecule has 0 aromatic heterocycles. The predicted octanol–water partition coefficient (Wildman–Crippen LogP) is 0.596. The van der Waals surface area contributed by atoms with Crippen molar-refractivity contribution in [1.82, 2.24) is 4.31 Å². The van der Waals surface area contributed by atoms with Crippen molar-refractivity contribution in [3.05, 3.63) is 22.8 Å². The number of aliphatic hydroxyl groups is 2. The van der Waals surface area contributed by atoms with E-state index in [0.29, 0.717) is 16.9 Å². The quantitative estimate of drug-likeness (QED) is 0.769. The molecular weight excluding hydrogens is 294 g/mol. The van der Waals surface area contributed by atoms with E-state index in [1.807, 2.05) is 0 Å². The smallest absolute Gasteiger partial charge is 0.243 e. The normalized spacial score (nSPS) is 12.0. The van der Waals surface area contributed by atoms with Gasteiger partial charge in [-0.15, -0.1) is 0 Å². The minimum absolute atomic E-state index is 0.0488. The van der Waals surface area contributed by atoms with Crippen molar-refractivity contribution in [1.29, 1.82) is 0 Å². The third kappa shape index (κ3) is 3.55. The summed E-state index contributed by atoms with van der Waals surface area (Å²) in [6.45, 7) is 4.54. The van der Waals surface area contributed by atoms with Crippen LogP contribution in [0.4, 0.5) is 0 Å². The van der Waals surface area contributed by atoms with Gasteiger partial charge in [0.1, 0.15) is 5.75 Å². The highest BCUT2D eigenvalue weighted by molar-refractivity contribution is 7.89. The molecule has 0 aliphatic heterocycles. The van der Waals surface area contributed by atoms with Gasteiger partial charge in [0.25, 0.3) is 0 Å². The third-order valence-corrected chi connectivity index (χ3v) is 5.68. The number of sulfonamides is 1. The first-order valence-electron chi connectivity index (χ1n) is 6.67. The van der Waals surface area contributed by atoms with E-state index in [2.05, 4.69) is 0 Å². The Morgan fingerprint density at radius 3 is 2.05 bits per heavy atom. The molecule has 1 rings (SSSR count). The van der Waals surface area contributed by atoms with Crippen LogP contribution in [0.25, 0.3) is 0 Å². The Hall–Kier alpha value is -1.15. The lowest BCUT2D eigenvalue weighted by Gasteiger charge is -2.24. The summed E-state index contributed by atoms with van der Waals surface area (Å²) in [6.07, 6.45) is 0. The van der Waals surface area contributed by atoms with Gasteiger partial charge < -0.3 is 14.9 Å². The van der Waals surface area contributed by atoms with Gasteiger partial charge in [-0.25, -0.2) is 8.42 Å². The van der Waals surface area contributed by atoms with Gasteiger partial charge in [0.15, 0.2) is 0 Å². The maximum Gasteiger partial charge on any atom is 0.243 e. The zero-order valence-electron chi connectivity index (χ0n) is 12.9. The van der Waals surface area contributed by atoms with Crippen LogP contribution in [0.3, 0.4) is 0 Å². The first kappa shape index (κ1) is 17.9. The molecule has 21 heavy (non-hydrogen) atoms. The van der Waals surface area contributed by atoms with Gasteiger partial charge in [-0.2, -0.15) is 4.31 Å². The number of aliphatic hydroxyl groups excluding tert-OH is 2. The minimum Gasteiger partial charge on any atom is -0.496 e. The Kier molecular flexibility index (Phi) is 6.15. The predicted molar refractivity (Wildman–Crippen MR) is 80.1 cm³/mol. The number of aryl methyl sites for hydroxylation is 1. The molecule has 2 N–H and O–H groups in total. The van der Waals surface area contributed by atoms with Gasteiger partial charge in [-0.3, -0.25) is 0 Å². The highest BCUT2D eigenvalue weighted by Crippen LogP contribution is 2.32. The Balaban J connectivity index is 3.47. The first-order chi connectivity index (χ1) is 9.81. The van der Waals surface area contributed by atoms with E-state index in [-0.39, 0.29) is 31.2 Å². The topological polar surface area (TPSA) is 87.1 Å². The molecule has 1 aromatic rings. The molecular formula is C14H23NO5S. The van der Waals surface area contributed by atoms with Gasteiger partial charge in [0.05, 0.1) is 25.2 Å². The lowest BCUT2D eigenvalue weighted by Crippen LogP contribution is -2.36. The van der Waals surface area contributed by atoms with Crippen LogP contribution in [0.2, 0.25) is 0 Å². The van der Waals surface area contributed by atoms with Gasteiger partial charge in [0.2, 0.25) is 10.0 Å². The van der Waals surface area contributed by atoms with Gasteiger partial charge in [-0.05, 0) is 43.5 Å². The highest BCUT2D eigenvalue weighted by Gasteiger charge is 2.28. The monoisotopic (exact) mass is 317 g/mol. The van der Waals surface area contributed by atoms with Crippen molar-refractivity contribution in [2.45, 2.75) is 25.7 Å². The number of rotatable bonds is 7. The molecule has 1 aromatic carbocycles. The average Bonchev–Trinajstić information content (AvgIpc) is 2.42. The first-order valence-corrected chi connectivity index (χ1v) is 8.11. The summed E-state index contributed by atoms with van der Waals surface area (Å²) < 4.78 is 31.9. The molecule has 0 amide bonds. The fourth-order valence-electron chi connectivity index (χ4n) is 2.33. The number of ether oxygens (including phenoxy) is 1. The molecule has 0 aliphatic rings. The van der Waals surface area contributed by atoms with E-state index < -0.39 is 10.0 Å². The third-order valence-electron chi connectivity index (χ3n) is 3.50. The number of benzene rings is 1. The van der Waals surface area contributed by atoms with Crippen molar-refractivity contribution in [3.63, 3.8) is 0 Å². The van der Waals surface area contributed by atoms with Crippen LogP contribution >= 0.6 is 0 Å². The zero-order valence-corrected chi connectivity index (χ0v) is 13.7. The van der Waals surface area contributed by atoms with E-state index in [1.165, 1.54) is 0 Å². The van der Waals surface area contributed by atoms with E-state index in [0.717, 1.165) is 9.87 Å². The standard InChI is InChI=1S/C14H23NO5S/c1-10-9-13(20-4)11(2)12(3)14(10)21(18,19)15(5-7-16)6-8-17/h9,16-17H,5-8H2,1-4H3. The summed E-state index contributed by atoms with van der Waals surface area (Å²) in [5.74, 6) is 0.639. The zero-order chi connectivity index (χ0) is 16.2. The van der Waals surface area contributed by atoms with Crippen molar-refractivity contribution in [3.8, 4) is 5.75 Å². The molecule has 0 unspecified atom stereocenters. The van der Waals surface area contributed by atoms with Crippen LogP contribution in [-0.4, -0.2) is 56.3 Å². The second kappa shape index (κ2) is 7.22. The van der Waals surface area contributed by atoms with Crippen LogP contribution in [0.1, 0.15) is 16.7 Å². The summed E-state index contributed by atoms with van der Waals surface area (Å²) in [5, 5.41) is 18.1. The van der Waals surface area contributed by atoms with Crippen molar-refractivity contribution in [2.24, 2.45) is 0 Å². The minimum atomic E-state index is -3.78. The van der Waals surface area contributed by atoms with Crippen LogP contribution < -0.4 is 4.74 Å². The molecule has 0 spiro atoms. The summed E-state index contributed by atoms with van der Waals surface area (Å²) in [6, 6.07) is 1.69. The largest absolute Gasteiger partial charge is 0.496 e. The molecule has 0 aliphatic carbocycles. The molecule has 120 valence electrons. The maximum absolute atomic E-state index is 12.8. The molecule has 0 atom stereocenters. The highest BCUT2D eigenvalue weighted by atomic mass is 32.2. The second-order valence-electron chi connectivity index (χ2n) is 4.83. The molecule has 6 nitrogen and oxygen atoms in total. The molecule has 0 bridgehead atoms. The van der Waals surface area contributed by atoms with Gasteiger partial charge >= 0.3 is 0 Å². The average molecular weight is 317 g/mol. The van der Waals surface area contributed by atoms with E-state index in [9.17, 15) is 8.42 Å². The fourth-order valence-corrected chi connectivity index (χ4v) is 4.24.